The lowest BCUT2D eigenvalue weighted by atomic mass is 10.0. The summed E-state index contributed by atoms with van der Waals surface area (Å²) < 4.78 is 0. The van der Waals surface area contributed by atoms with Crippen molar-refractivity contribution in [2.75, 3.05) is 0 Å². The number of benzene rings is 1. The molecule has 0 saturated heterocycles. The number of hydrogen-bond donors (Lipinski definition) is 1. The topological polar surface area (TPSA) is 26.0 Å². The highest BCUT2D eigenvalue weighted by Gasteiger charge is 2.13. The first kappa shape index (κ1) is 14.8. The van der Waals surface area contributed by atoms with Crippen LogP contribution in [-0.4, -0.2) is 0 Å². The van der Waals surface area contributed by atoms with Crippen LogP contribution in [0.5, 0.6) is 0 Å². The van der Waals surface area contributed by atoms with E-state index in [0.717, 1.165) is 18.4 Å². The van der Waals surface area contributed by atoms with Gasteiger partial charge in [0.15, 0.2) is 0 Å². The molecule has 0 spiro atoms. The fourth-order valence-electron chi connectivity index (χ4n) is 1.98. The minimum atomic E-state index is -0.0437. The lowest BCUT2D eigenvalue weighted by molar-refractivity contribution is 0.555. The molecule has 0 aliphatic carbocycles. The maximum Gasteiger partial charge on any atom is 0.0468 e. The summed E-state index contributed by atoms with van der Waals surface area (Å²) in [5.74, 6) is 0. The lowest BCUT2D eigenvalue weighted by Gasteiger charge is -2.15. The molecule has 17 heavy (non-hydrogen) atoms. The number of halogens is 2. The Labute approximate surface area is 114 Å². The van der Waals surface area contributed by atoms with Crippen molar-refractivity contribution in [3.63, 3.8) is 0 Å². The normalized spacial score (nSPS) is 12.7. The fraction of sp³-hybridized carbons (Fsp3) is 0.571. The Morgan fingerprint density at radius 3 is 2.24 bits per heavy atom. The maximum atomic E-state index is 6.14. The third kappa shape index (κ3) is 4.87. The molecule has 0 aliphatic rings. The molecular weight excluding hydrogens is 253 g/mol. The van der Waals surface area contributed by atoms with E-state index in [1.165, 1.54) is 25.7 Å². The molecule has 96 valence electrons. The second-order valence-corrected chi connectivity index (χ2v) is 5.26. The van der Waals surface area contributed by atoms with Crippen LogP contribution in [-0.2, 0) is 0 Å². The molecule has 2 N–H and O–H groups in total. The average Bonchev–Trinajstić information content (AvgIpc) is 2.28. The average molecular weight is 274 g/mol. The second-order valence-electron chi connectivity index (χ2n) is 4.44. The van der Waals surface area contributed by atoms with E-state index < -0.39 is 0 Å². The van der Waals surface area contributed by atoms with Crippen molar-refractivity contribution in [2.45, 2.75) is 51.5 Å². The van der Waals surface area contributed by atoms with Crippen molar-refractivity contribution in [3.05, 3.63) is 33.8 Å². The van der Waals surface area contributed by atoms with E-state index >= 15 is 0 Å². The monoisotopic (exact) mass is 273 g/mol. The Morgan fingerprint density at radius 1 is 1.06 bits per heavy atom. The van der Waals surface area contributed by atoms with Crippen LogP contribution in [0.25, 0.3) is 0 Å². The van der Waals surface area contributed by atoms with Gasteiger partial charge in [-0.1, -0.05) is 68.3 Å². The van der Waals surface area contributed by atoms with Crippen molar-refractivity contribution in [1.82, 2.24) is 0 Å². The van der Waals surface area contributed by atoms with Gasteiger partial charge in [0, 0.05) is 21.7 Å². The maximum absolute atomic E-state index is 6.14. The quantitative estimate of drug-likeness (QED) is 0.666. The van der Waals surface area contributed by atoms with Crippen LogP contribution in [0.3, 0.4) is 0 Å². The SMILES string of the molecule is CCCCCCCC(N)c1c(Cl)cccc1Cl. The van der Waals surface area contributed by atoms with Crippen molar-refractivity contribution < 1.29 is 0 Å². The van der Waals surface area contributed by atoms with E-state index in [4.69, 9.17) is 28.9 Å². The Hall–Kier alpha value is -0.240. The van der Waals surface area contributed by atoms with Crippen LogP contribution in [0, 0.1) is 0 Å². The molecule has 0 aromatic heterocycles. The number of nitrogens with two attached hydrogens (primary N) is 1. The van der Waals surface area contributed by atoms with Gasteiger partial charge in [-0.15, -0.1) is 0 Å². The number of rotatable bonds is 7. The van der Waals surface area contributed by atoms with Gasteiger partial charge >= 0.3 is 0 Å². The predicted octanol–water partition coefficient (Wildman–Crippen LogP) is 5.35. The lowest BCUT2D eigenvalue weighted by Crippen LogP contribution is -2.11. The summed E-state index contributed by atoms with van der Waals surface area (Å²) in [6, 6.07) is 5.50. The van der Waals surface area contributed by atoms with Crippen molar-refractivity contribution in [2.24, 2.45) is 5.73 Å². The first-order valence-corrected chi connectivity index (χ1v) is 7.12. The molecule has 0 saturated carbocycles. The molecule has 1 rings (SSSR count). The third-order valence-electron chi connectivity index (χ3n) is 2.99. The minimum absolute atomic E-state index is 0.0437. The zero-order valence-electron chi connectivity index (χ0n) is 10.4. The zero-order chi connectivity index (χ0) is 12.7. The highest BCUT2D eigenvalue weighted by atomic mass is 35.5. The fourth-order valence-corrected chi connectivity index (χ4v) is 2.65. The molecule has 0 aliphatic heterocycles. The third-order valence-corrected chi connectivity index (χ3v) is 3.65. The molecule has 0 fully saturated rings. The Morgan fingerprint density at radius 2 is 1.65 bits per heavy atom. The van der Waals surface area contributed by atoms with Crippen LogP contribution in [0.2, 0.25) is 10.0 Å². The smallest absolute Gasteiger partial charge is 0.0468 e. The summed E-state index contributed by atoms with van der Waals surface area (Å²) >= 11 is 12.2. The highest BCUT2D eigenvalue weighted by Crippen LogP contribution is 2.31. The van der Waals surface area contributed by atoms with E-state index in [2.05, 4.69) is 6.92 Å². The Kier molecular flexibility index (Phi) is 6.94. The molecule has 1 nitrogen and oxygen atoms in total. The van der Waals surface area contributed by atoms with Gasteiger partial charge in [-0.05, 0) is 18.6 Å². The van der Waals surface area contributed by atoms with Gasteiger partial charge in [0.2, 0.25) is 0 Å². The van der Waals surface area contributed by atoms with Gasteiger partial charge in [-0.2, -0.15) is 0 Å². The van der Waals surface area contributed by atoms with E-state index in [1.807, 2.05) is 18.2 Å². The number of hydrogen-bond acceptors (Lipinski definition) is 1. The Bertz CT molecular complexity index is 319. The summed E-state index contributed by atoms with van der Waals surface area (Å²) in [5.41, 5.74) is 7.04. The van der Waals surface area contributed by atoms with Gasteiger partial charge in [0.05, 0.1) is 0 Å². The van der Waals surface area contributed by atoms with Crippen molar-refractivity contribution in [3.8, 4) is 0 Å². The zero-order valence-corrected chi connectivity index (χ0v) is 11.9. The standard InChI is InChI=1S/C14H21Cl2N/c1-2-3-4-5-6-10-13(17)14-11(15)8-7-9-12(14)16/h7-9,13H,2-6,10,17H2,1H3. The van der Waals surface area contributed by atoms with Crippen LogP contribution >= 0.6 is 23.2 Å². The summed E-state index contributed by atoms with van der Waals surface area (Å²) in [5, 5.41) is 1.36. The molecule has 1 unspecified atom stereocenters. The van der Waals surface area contributed by atoms with Crippen molar-refractivity contribution >= 4 is 23.2 Å². The van der Waals surface area contributed by atoms with E-state index in [0.29, 0.717) is 10.0 Å². The summed E-state index contributed by atoms with van der Waals surface area (Å²) in [6.45, 7) is 2.22. The predicted molar refractivity (Wildman–Crippen MR) is 76.8 cm³/mol. The van der Waals surface area contributed by atoms with Gasteiger partial charge < -0.3 is 5.73 Å². The first-order chi connectivity index (χ1) is 8.16. The van der Waals surface area contributed by atoms with E-state index in [-0.39, 0.29) is 6.04 Å². The first-order valence-electron chi connectivity index (χ1n) is 6.36. The van der Waals surface area contributed by atoms with Crippen molar-refractivity contribution in [1.29, 1.82) is 0 Å². The second kappa shape index (κ2) is 7.97. The highest BCUT2D eigenvalue weighted by molar-refractivity contribution is 6.36. The van der Waals surface area contributed by atoms with E-state index in [9.17, 15) is 0 Å². The van der Waals surface area contributed by atoms with Gasteiger partial charge in [-0.3, -0.25) is 0 Å². The van der Waals surface area contributed by atoms with Crippen LogP contribution in [0.4, 0.5) is 0 Å². The molecule has 0 bridgehead atoms. The number of unbranched alkanes of at least 4 members (excludes halogenated alkanes) is 4. The molecular formula is C14H21Cl2N. The van der Waals surface area contributed by atoms with E-state index in [1.54, 1.807) is 0 Å². The van der Waals surface area contributed by atoms with Gasteiger partial charge in [-0.25, -0.2) is 0 Å². The summed E-state index contributed by atoms with van der Waals surface area (Å²) in [4.78, 5) is 0. The molecule has 3 heteroatoms. The molecule has 1 atom stereocenters. The Balaban J connectivity index is 2.44. The summed E-state index contributed by atoms with van der Waals surface area (Å²) in [7, 11) is 0. The molecule has 1 aromatic carbocycles. The van der Waals surface area contributed by atoms with Crippen LogP contribution < -0.4 is 5.73 Å². The molecule has 0 radical (unpaired) electrons. The van der Waals surface area contributed by atoms with Gasteiger partial charge in [0.1, 0.15) is 0 Å². The van der Waals surface area contributed by atoms with Gasteiger partial charge in [0.25, 0.3) is 0 Å². The molecule has 0 amide bonds. The van der Waals surface area contributed by atoms with Crippen LogP contribution in [0.1, 0.15) is 57.1 Å². The molecule has 0 heterocycles. The minimum Gasteiger partial charge on any atom is -0.324 e. The molecule has 1 aromatic rings. The van der Waals surface area contributed by atoms with Crippen LogP contribution in [0.15, 0.2) is 18.2 Å². The largest absolute Gasteiger partial charge is 0.324 e. The summed E-state index contributed by atoms with van der Waals surface area (Å²) in [6.07, 6.45) is 7.20.